The summed E-state index contributed by atoms with van der Waals surface area (Å²) in [5, 5.41) is 4.22. The number of hydrogen-bond acceptors (Lipinski definition) is 4. The van der Waals surface area contributed by atoms with Gasteiger partial charge >= 0.3 is 5.97 Å². The van der Waals surface area contributed by atoms with Crippen LogP contribution in [0.2, 0.25) is 0 Å². The molecule has 5 nitrogen and oxygen atoms in total. The number of aryl methyl sites for hydroxylation is 1. The van der Waals surface area contributed by atoms with Crippen molar-refractivity contribution in [3.63, 3.8) is 0 Å². The van der Waals surface area contributed by atoms with Gasteiger partial charge in [0.25, 0.3) is 0 Å². The maximum absolute atomic E-state index is 12.0. The van der Waals surface area contributed by atoms with Crippen molar-refractivity contribution in [2.75, 3.05) is 6.61 Å². The Balaban J connectivity index is 1.96. The number of carbonyl (C=O) groups is 1. The predicted octanol–water partition coefficient (Wildman–Crippen LogP) is 2.10. The molecule has 106 valence electrons. The minimum absolute atomic E-state index is 0.175. The van der Waals surface area contributed by atoms with Crippen molar-refractivity contribution in [2.24, 2.45) is 11.7 Å². The van der Waals surface area contributed by atoms with Gasteiger partial charge in [0.05, 0.1) is 17.3 Å². The Kier molecular flexibility index (Phi) is 4.62. The van der Waals surface area contributed by atoms with E-state index in [1.54, 1.807) is 6.20 Å². The molecule has 0 radical (unpaired) electrons. The quantitative estimate of drug-likeness (QED) is 0.840. The normalized spacial score (nSPS) is 26.6. The summed E-state index contributed by atoms with van der Waals surface area (Å²) < 4.78 is 7.95. The fourth-order valence-electron chi connectivity index (χ4n) is 2.79. The molecule has 0 saturated heterocycles. The minimum Gasteiger partial charge on any atom is -0.465 e. The van der Waals surface area contributed by atoms with E-state index in [9.17, 15) is 4.79 Å². The van der Waals surface area contributed by atoms with E-state index in [2.05, 4.69) is 21.0 Å². The van der Waals surface area contributed by atoms with Crippen LogP contribution in [0.5, 0.6) is 0 Å². The maximum Gasteiger partial charge on any atom is 0.326 e. The highest BCUT2D eigenvalue weighted by Crippen LogP contribution is 2.37. The molecular weight excluding hydrogens is 310 g/mol. The van der Waals surface area contributed by atoms with Gasteiger partial charge in [-0.2, -0.15) is 5.10 Å². The molecule has 1 fully saturated rings. The highest BCUT2D eigenvalue weighted by molar-refractivity contribution is 9.10. The van der Waals surface area contributed by atoms with Gasteiger partial charge in [0.1, 0.15) is 5.54 Å². The van der Waals surface area contributed by atoms with Gasteiger partial charge in [0, 0.05) is 12.7 Å². The van der Waals surface area contributed by atoms with E-state index < -0.39 is 5.54 Å². The smallest absolute Gasteiger partial charge is 0.326 e. The monoisotopic (exact) mass is 329 g/mol. The first-order chi connectivity index (χ1) is 9.06. The number of esters is 1. The number of halogens is 1. The predicted molar refractivity (Wildman–Crippen MR) is 75.4 cm³/mol. The van der Waals surface area contributed by atoms with Gasteiger partial charge in [0.2, 0.25) is 0 Å². The first-order valence-electron chi connectivity index (χ1n) is 6.70. The van der Waals surface area contributed by atoms with Gasteiger partial charge in [-0.1, -0.05) is 6.42 Å². The lowest BCUT2D eigenvalue weighted by Crippen LogP contribution is -2.52. The summed E-state index contributed by atoms with van der Waals surface area (Å²) in [4.78, 5) is 12.0. The Labute approximate surface area is 121 Å². The summed E-state index contributed by atoms with van der Waals surface area (Å²) in [6.45, 7) is 2.97. The highest BCUT2D eigenvalue weighted by atomic mass is 79.9. The largest absolute Gasteiger partial charge is 0.465 e. The van der Waals surface area contributed by atoms with Crippen LogP contribution < -0.4 is 5.73 Å². The molecule has 1 aliphatic rings. The van der Waals surface area contributed by atoms with Crippen LogP contribution in [-0.4, -0.2) is 27.9 Å². The lowest BCUT2D eigenvalue weighted by atomic mass is 9.85. The van der Waals surface area contributed by atoms with Gasteiger partial charge in [-0.3, -0.25) is 9.48 Å². The Morgan fingerprint density at radius 1 is 1.74 bits per heavy atom. The third-order valence-corrected chi connectivity index (χ3v) is 4.24. The number of rotatable bonds is 5. The fraction of sp³-hybridized carbons (Fsp3) is 0.692. The van der Waals surface area contributed by atoms with Crippen molar-refractivity contribution in [3.8, 4) is 0 Å². The molecule has 0 aromatic carbocycles. The van der Waals surface area contributed by atoms with E-state index >= 15 is 0 Å². The Hall–Kier alpha value is -0.880. The zero-order valence-corrected chi connectivity index (χ0v) is 12.7. The molecule has 0 amide bonds. The van der Waals surface area contributed by atoms with E-state index in [0.29, 0.717) is 6.61 Å². The van der Waals surface area contributed by atoms with Crippen molar-refractivity contribution in [1.82, 2.24) is 9.78 Å². The molecule has 0 aliphatic heterocycles. The summed E-state index contributed by atoms with van der Waals surface area (Å²) in [6.07, 6.45) is 7.23. The molecule has 1 aromatic rings. The lowest BCUT2D eigenvalue weighted by Gasteiger charge is -2.28. The minimum atomic E-state index is -0.805. The Morgan fingerprint density at radius 2 is 2.53 bits per heavy atom. The number of hydrogen-bond donors (Lipinski definition) is 1. The first-order valence-corrected chi connectivity index (χ1v) is 7.49. The van der Waals surface area contributed by atoms with Gasteiger partial charge in [-0.05, 0) is 48.0 Å². The van der Waals surface area contributed by atoms with Crippen molar-refractivity contribution in [3.05, 3.63) is 16.9 Å². The standard InChI is InChI=1S/C13H20BrN3O2/c1-2-19-12(18)13(15)6-3-4-10(13)5-7-17-9-11(14)8-16-17/h8-10H,2-7,15H2,1H3. The molecule has 1 aliphatic carbocycles. The second kappa shape index (κ2) is 6.05. The summed E-state index contributed by atoms with van der Waals surface area (Å²) in [7, 11) is 0. The lowest BCUT2D eigenvalue weighted by molar-refractivity contribution is -0.151. The molecule has 1 saturated carbocycles. The fourth-order valence-corrected chi connectivity index (χ4v) is 3.12. The first kappa shape index (κ1) is 14.5. The van der Waals surface area contributed by atoms with E-state index in [1.807, 2.05) is 17.8 Å². The van der Waals surface area contributed by atoms with Crippen molar-refractivity contribution in [2.45, 2.75) is 44.7 Å². The second-order valence-corrected chi connectivity index (χ2v) is 5.98. The number of nitrogens with zero attached hydrogens (tertiary/aromatic N) is 2. The van der Waals surface area contributed by atoms with Crippen LogP contribution in [-0.2, 0) is 16.1 Å². The van der Waals surface area contributed by atoms with Gasteiger partial charge in [-0.15, -0.1) is 0 Å². The van der Waals surface area contributed by atoms with Crippen molar-refractivity contribution >= 4 is 21.9 Å². The number of aromatic nitrogens is 2. The number of nitrogens with two attached hydrogens (primary N) is 1. The second-order valence-electron chi connectivity index (χ2n) is 5.06. The summed E-state index contributed by atoms with van der Waals surface area (Å²) in [5.74, 6) is -0.0753. The molecule has 2 N–H and O–H groups in total. The van der Waals surface area contributed by atoms with Crippen LogP contribution in [0.3, 0.4) is 0 Å². The zero-order chi connectivity index (χ0) is 13.9. The molecule has 2 unspecified atom stereocenters. The number of carbonyl (C=O) groups excluding carboxylic acids is 1. The van der Waals surface area contributed by atoms with Crippen LogP contribution in [0.1, 0.15) is 32.6 Å². The molecular formula is C13H20BrN3O2. The third kappa shape index (κ3) is 3.17. The van der Waals surface area contributed by atoms with Gasteiger partial charge < -0.3 is 10.5 Å². The average Bonchev–Trinajstić information content (AvgIpc) is 2.94. The Morgan fingerprint density at radius 3 is 3.16 bits per heavy atom. The van der Waals surface area contributed by atoms with Crippen LogP contribution in [0, 0.1) is 5.92 Å². The Bertz CT molecular complexity index is 449. The molecule has 2 atom stereocenters. The highest BCUT2D eigenvalue weighted by Gasteiger charge is 2.46. The van der Waals surface area contributed by atoms with Crippen LogP contribution in [0.4, 0.5) is 0 Å². The molecule has 0 spiro atoms. The molecule has 2 rings (SSSR count). The van der Waals surface area contributed by atoms with E-state index in [1.165, 1.54) is 0 Å². The van der Waals surface area contributed by atoms with E-state index in [-0.39, 0.29) is 11.9 Å². The number of ether oxygens (including phenoxy) is 1. The maximum atomic E-state index is 12.0. The molecule has 0 bridgehead atoms. The topological polar surface area (TPSA) is 70.1 Å². The molecule has 19 heavy (non-hydrogen) atoms. The molecule has 1 heterocycles. The SMILES string of the molecule is CCOC(=O)C1(N)CCCC1CCn1cc(Br)cn1. The van der Waals surface area contributed by atoms with Gasteiger partial charge in [-0.25, -0.2) is 0 Å². The van der Waals surface area contributed by atoms with Crippen LogP contribution in [0.15, 0.2) is 16.9 Å². The van der Waals surface area contributed by atoms with Gasteiger partial charge in [0.15, 0.2) is 0 Å². The zero-order valence-electron chi connectivity index (χ0n) is 11.1. The summed E-state index contributed by atoms with van der Waals surface area (Å²) in [6, 6.07) is 0. The molecule has 6 heteroatoms. The van der Waals surface area contributed by atoms with Crippen molar-refractivity contribution < 1.29 is 9.53 Å². The average molecular weight is 330 g/mol. The van der Waals surface area contributed by atoms with Crippen LogP contribution >= 0.6 is 15.9 Å². The summed E-state index contributed by atoms with van der Waals surface area (Å²) in [5.41, 5.74) is 5.48. The van der Waals surface area contributed by atoms with Crippen LogP contribution in [0.25, 0.3) is 0 Å². The summed E-state index contributed by atoms with van der Waals surface area (Å²) >= 11 is 3.37. The van der Waals surface area contributed by atoms with E-state index in [0.717, 1.165) is 36.7 Å². The third-order valence-electron chi connectivity index (χ3n) is 3.84. The van der Waals surface area contributed by atoms with Crippen molar-refractivity contribution in [1.29, 1.82) is 0 Å². The van der Waals surface area contributed by atoms with E-state index in [4.69, 9.17) is 10.5 Å². The molecule has 1 aromatic heterocycles.